The van der Waals surface area contributed by atoms with E-state index in [1.807, 2.05) is 6.92 Å². The summed E-state index contributed by atoms with van der Waals surface area (Å²) in [7, 11) is 1.74. The third-order valence-electron chi connectivity index (χ3n) is 2.98. The molecule has 0 aliphatic rings. The van der Waals surface area contributed by atoms with Gasteiger partial charge < -0.3 is 5.32 Å². The van der Waals surface area contributed by atoms with Gasteiger partial charge in [0.2, 0.25) is 0 Å². The lowest BCUT2D eigenvalue weighted by Gasteiger charge is -2.09. The Morgan fingerprint density at radius 1 is 1.26 bits per heavy atom. The topological polar surface area (TPSA) is 42.7 Å². The van der Waals surface area contributed by atoms with Crippen LogP contribution in [0.2, 0.25) is 0 Å². The van der Waals surface area contributed by atoms with Gasteiger partial charge in [-0.2, -0.15) is 0 Å². The number of nitrogens with one attached hydrogen (secondary N) is 1. The Morgan fingerprint density at radius 3 is 2.58 bits per heavy atom. The molecule has 0 aliphatic carbocycles. The minimum absolute atomic E-state index is 0.102. The van der Waals surface area contributed by atoms with Crippen molar-refractivity contribution in [3.63, 3.8) is 0 Å². The van der Waals surface area contributed by atoms with E-state index in [1.54, 1.807) is 14.0 Å². The summed E-state index contributed by atoms with van der Waals surface area (Å²) in [5, 5.41) is 10.6. The number of aromatic nitrogens is 3. The first-order valence-electron chi connectivity index (χ1n) is 5.70. The highest BCUT2D eigenvalue weighted by Gasteiger charge is 2.19. The molecular formula is C12H13F3N4. The number of benzene rings is 1. The van der Waals surface area contributed by atoms with Gasteiger partial charge in [0.25, 0.3) is 0 Å². The SMILES string of the molecule is CNC(C)c1nnn(-c2cc(F)cc(F)c2F)c1C. The van der Waals surface area contributed by atoms with Crippen LogP contribution < -0.4 is 5.32 Å². The Morgan fingerprint density at radius 2 is 1.95 bits per heavy atom. The van der Waals surface area contributed by atoms with E-state index in [4.69, 9.17) is 0 Å². The molecule has 19 heavy (non-hydrogen) atoms. The summed E-state index contributed by atoms with van der Waals surface area (Å²) < 4.78 is 41.2. The molecule has 1 atom stereocenters. The third kappa shape index (κ3) is 2.33. The van der Waals surface area contributed by atoms with E-state index >= 15 is 0 Å². The molecule has 2 aromatic rings. The van der Waals surface area contributed by atoms with E-state index in [0.717, 1.165) is 10.7 Å². The minimum Gasteiger partial charge on any atom is -0.312 e. The second-order valence-electron chi connectivity index (χ2n) is 4.20. The molecule has 7 heteroatoms. The fourth-order valence-corrected chi connectivity index (χ4v) is 1.80. The maximum absolute atomic E-state index is 13.7. The van der Waals surface area contributed by atoms with Gasteiger partial charge in [-0.25, -0.2) is 17.9 Å². The van der Waals surface area contributed by atoms with Crippen LogP contribution in [0.4, 0.5) is 13.2 Å². The maximum atomic E-state index is 13.7. The van der Waals surface area contributed by atoms with E-state index < -0.39 is 17.5 Å². The zero-order valence-corrected chi connectivity index (χ0v) is 10.7. The quantitative estimate of drug-likeness (QED) is 0.870. The lowest BCUT2D eigenvalue weighted by molar-refractivity contribution is 0.486. The van der Waals surface area contributed by atoms with Crippen LogP contribution in [0, 0.1) is 24.4 Å². The van der Waals surface area contributed by atoms with Gasteiger partial charge in [-0.15, -0.1) is 5.10 Å². The number of hydrogen-bond donors (Lipinski definition) is 1. The first kappa shape index (κ1) is 13.5. The molecule has 2 rings (SSSR count). The number of hydrogen-bond acceptors (Lipinski definition) is 3. The predicted octanol–water partition coefficient (Wildman–Crippen LogP) is 2.27. The van der Waals surface area contributed by atoms with Crippen LogP contribution in [0.1, 0.15) is 24.4 Å². The first-order valence-corrected chi connectivity index (χ1v) is 5.70. The van der Waals surface area contributed by atoms with Crippen LogP contribution in [-0.2, 0) is 0 Å². The smallest absolute Gasteiger partial charge is 0.184 e. The number of rotatable bonds is 3. The summed E-state index contributed by atoms with van der Waals surface area (Å²) in [6.07, 6.45) is 0. The predicted molar refractivity (Wildman–Crippen MR) is 63.4 cm³/mol. The van der Waals surface area contributed by atoms with Crippen molar-refractivity contribution in [2.24, 2.45) is 0 Å². The number of nitrogens with zero attached hydrogens (tertiary/aromatic N) is 3. The summed E-state index contributed by atoms with van der Waals surface area (Å²) in [4.78, 5) is 0. The summed E-state index contributed by atoms with van der Waals surface area (Å²) in [6.45, 7) is 3.51. The Bertz CT molecular complexity index is 609. The Labute approximate surface area is 108 Å². The van der Waals surface area contributed by atoms with Crippen molar-refractivity contribution in [1.82, 2.24) is 20.3 Å². The molecular weight excluding hydrogens is 257 g/mol. The molecule has 0 aliphatic heterocycles. The van der Waals surface area contributed by atoms with Gasteiger partial charge in [0.15, 0.2) is 11.6 Å². The molecule has 1 aromatic heterocycles. The molecule has 4 nitrogen and oxygen atoms in total. The van der Waals surface area contributed by atoms with Crippen LogP contribution in [0.15, 0.2) is 12.1 Å². The van der Waals surface area contributed by atoms with Gasteiger partial charge in [-0.1, -0.05) is 5.21 Å². The van der Waals surface area contributed by atoms with Gasteiger partial charge in [0.1, 0.15) is 17.2 Å². The van der Waals surface area contributed by atoms with Crippen molar-refractivity contribution in [3.05, 3.63) is 41.0 Å². The molecule has 1 N–H and O–H groups in total. The molecule has 0 amide bonds. The highest BCUT2D eigenvalue weighted by molar-refractivity contribution is 5.36. The zero-order valence-electron chi connectivity index (χ0n) is 10.7. The summed E-state index contributed by atoms with van der Waals surface area (Å²) in [6, 6.07) is 1.27. The zero-order chi connectivity index (χ0) is 14.2. The van der Waals surface area contributed by atoms with Crippen molar-refractivity contribution in [3.8, 4) is 5.69 Å². The molecule has 1 aromatic carbocycles. The van der Waals surface area contributed by atoms with Crippen LogP contribution in [0.25, 0.3) is 5.69 Å². The summed E-state index contributed by atoms with van der Waals surface area (Å²) in [5.41, 5.74) is 0.814. The lowest BCUT2D eigenvalue weighted by atomic mass is 10.2. The van der Waals surface area contributed by atoms with Crippen molar-refractivity contribution < 1.29 is 13.2 Å². The van der Waals surface area contributed by atoms with Crippen LogP contribution in [0.3, 0.4) is 0 Å². The standard InChI is InChI=1S/C12H13F3N4/c1-6(16-3)12-7(2)19(18-17-12)10-5-8(13)4-9(14)11(10)15/h4-6,16H,1-3H3. The van der Waals surface area contributed by atoms with Gasteiger partial charge in [-0.3, -0.25) is 0 Å². The van der Waals surface area contributed by atoms with E-state index in [2.05, 4.69) is 15.6 Å². The van der Waals surface area contributed by atoms with Crippen molar-refractivity contribution in [2.45, 2.75) is 19.9 Å². The first-order chi connectivity index (χ1) is 8.95. The average molecular weight is 270 g/mol. The van der Waals surface area contributed by atoms with Crippen LogP contribution in [-0.4, -0.2) is 22.0 Å². The van der Waals surface area contributed by atoms with Crippen LogP contribution in [0.5, 0.6) is 0 Å². The molecule has 0 radical (unpaired) electrons. The highest BCUT2D eigenvalue weighted by atomic mass is 19.2. The fourth-order valence-electron chi connectivity index (χ4n) is 1.80. The molecule has 1 heterocycles. The highest BCUT2D eigenvalue weighted by Crippen LogP contribution is 2.22. The molecule has 0 saturated carbocycles. The molecule has 0 bridgehead atoms. The minimum atomic E-state index is -1.26. The van der Waals surface area contributed by atoms with E-state index in [0.29, 0.717) is 17.5 Å². The fraction of sp³-hybridized carbons (Fsp3) is 0.333. The maximum Gasteiger partial charge on any atom is 0.184 e. The number of halogens is 3. The van der Waals surface area contributed by atoms with E-state index in [-0.39, 0.29) is 11.7 Å². The normalized spacial score (nSPS) is 12.7. The molecule has 0 saturated heterocycles. The van der Waals surface area contributed by atoms with Crippen molar-refractivity contribution >= 4 is 0 Å². The third-order valence-corrected chi connectivity index (χ3v) is 2.98. The average Bonchev–Trinajstić information content (AvgIpc) is 2.74. The van der Waals surface area contributed by atoms with E-state index in [9.17, 15) is 13.2 Å². The second kappa shape index (κ2) is 5.00. The summed E-state index contributed by atoms with van der Waals surface area (Å²) in [5.74, 6) is -3.28. The molecule has 1 unspecified atom stereocenters. The molecule has 0 fully saturated rings. The Balaban J connectivity index is 2.57. The summed E-state index contributed by atoms with van der Waals surface area (Å²) >= 11 is 0. The van der Waals surface area contributed by atoms with Gasteiger partial charge in [0, 0.05) is 12.1 Å². The van der Waals surface area contributed by atoms with Gasteiger partial charge in [-0.05, 0) is 20.9 Å². The molecule has 102 valence electrons. The second-order valence-corrected chi connectivity index (χ2v) is 4.20. The monoisotopic (exact) mass is 270 g/mol. The Hall–Kier alpha value is -1.89. The Kier molecular flexibility index (Phi) is 3.57. The largest absolute Gasteiger partial charge is 0.312 e. The van der Waals surface area contributed by atoms with E-state index in [1.165, 1.54) is 0 Å². The lowest BCUT2D eigenvalue weighted by Crippen LogP contribution is -2.14. The van der Waals surface area contributed by atoms with Crippen molar-refractivity contribution in [2.75, 3.05) is 7.05 Å². The molecule has 0 spiro atoms. The van der Waals surface area contributed by atoms with Crippen LogP contribution >= 0.6 is 0 Å². The van der Waals surface area contributed by atoms with Gasteiger partial charge in [0.05, 0.1) is 11.7 Å². The van der Waals surface area contributed by atoms with Gasteiger partial charge >= 0.3 is 0 Å². The van der Waals surface area contributed by atoms with Crippen molar-refractivity contribution in [1.29, 1.82) is 0 Å².